The third kappa shape index (κ3) is 8.65. The number of alkyl halides is 3. The van der Waals surface area contributed by atoms with Crippen molar-refractivity contribution in [1.82, 2.24) is 0 Å². The topological polar surface area (TPSA) is 34.1 Å². The molecular weight excluding hydrogens is 233 g/mol. The van der Waals surface area contributed by atoms with Crippen LogP contribution in [0.1, 0.15) is 44.9 Å². The minimum absolute atomic E-state index is 0.271. The Morgan fingerprint density at radius 3 is 1.94 bits per heavy atom. The molecule has 0 saturated heterocycles. The average molecular weight is 250 g/mol. The molecule has 2 nitrogen and oxygen atoms in total. The Morgan fingerprint density at radius 2 is 1.47 bits per heavy atom. The van der Waals surface area contributed by atoms with Crippen LogP contribution in [-0.2, 0) is 9.59 Å². The number of hydrogen-bond donors (Lipinski definition) is 0. The summed E-state index contributed by atoms with van der Waals surface area (Å²) >= 11 is 0. The molecule has 0 aliphatic heterocycles. The molecule has 0 unspecified atom stereocenters. The zero-order valence-corrected chi connectivity index (χ0v) is 9.68. The molecular formula is C12H17F3O2. The summed E-state index contributed by atoms with van der Waals surface area (Å²) in [6.45, 7) is 3.52. The highest BCUT2D eigenvalue weighted by Gasteiger charge is 2.36. The van der Waals surface area contributed by atoms with E-state index in [0.29, 0.717) is 24.7 Å². The van der Waals surface area contributed by atoms with E-state index < -0.39 is 18.4 Å². The predicted molar refractivity (Wildman–Crippen MR) is 58.6 cm³/mol. The van der Waals surface area contributed by atoms with Crippen LogP contribution in [0.5, 0.6) is 0 Å². The number of hydrogen-bond acceptors (Lipinski definition) is 2. The summed E-state index contributed by atoms with van der Waals surface area (Å²) in [6, 6.07) is 0. The fourth-order valence-electron chi connectivity index (χ4n) is 1.37. The molecule has 0 fully saturated rings. The zero-order valence-electron chi connectivity index (χ0n) is 9.68. The maximum Gasteiger partial charge on any atom is 0.449 e. The number of unbranched alkanes of at least 4 members (excludes halogenated alkanes) is 4. The van der Waals surface area contributed by atoms with E-state index in [2.05, 4.69) is 6.58 Å². The number of Topliss-reactive ketones (excluding diaryl/α,β-unsaturated/α-hetero) is 1. The van der Waals surface area contributed by atoms with Gasteiger partial charge in [-0.2, -0.15) is 13.2 Å². The minimum Gasteiger partial charge on any atom is -0.298 e. The molecule has 0 bridgehead atoms. The van der Waals surface area contributed by atoms with Crippen molar-refractivity contribution in [2.75, 3.05) is 0 Å². The number of aldehydes is 1. The van der Waals surface area contributed by atoms with E-state index in [0.717, 1.165) is 19.3 Å². The predicted octanol–water partition coefficient (Wildman–Crippen LogP) is 3.60. The van der Waals surface area contributed by atoms with Gasteiger partial charge in [0.25, 0.3) is 0 Å². The van der Waals surface area contributed by atoms with Gasteiger partial charge in [-0.3, -0.25) is 9.59 Å². The molecule has 0 aromatic rings. The van der Waals surface area contributed by atoms with Gasteiger partial charge in [-0.25, -0.2) is 0 Å². The summed E-state index contributed by atoms with van der Waals surface area (Å²) in [4.78, 5) is 20.7. The largest absolute Gasteiger partial charge is 0.449 e. The molecule has 0 aliphatic carbocycles. The maximum absolute atomic E-state index is 11.8. The van der Waals surface area contributed by atoms with Crippen LogP contribution < -0.4 is 0 Å². The lowest BCUT2D eigenvalue weighted by Gasteiger charge is -2.04. The molecule has 0 aliphatic rings. The standard InChI is InChI=1S/C12H17F3O2/c1-10(9-16)7-5-3-2-4-6-8-11(17)12(13,14)15/h9H,1-8H2. The summed E-state index contributed by atoms with van der Waals surface area (Å²) in [5.74, 6) is -1.65. The quantitative estimate of drug-likeness (QED) is 0.356. The van der Waals surface area contributed by atoms with Gasteiger partial charge in [-0.05, 0) is 24.8 Å². The van der Waals surface area contributed by atoms with Gasteiger partial charge < -0.3 is 0 Å². The van der Waals surface area contributed by atoms with Gasteiger partial charge in [0.2, 0.25) is 5.78 Å². The van der Waals surface area contributed by atoms with Crippen molar-refractivity contribution in [1.29, 1.82) is 0 Å². The van der Waals surface area contributed by atoms with Crippen LogP contribution >= 0.6 is 0 Å². The monoisotopic (exact) mass is 250 g/mol. The lowest BCUT2D eigenvalue weighted by atomic mass is 10.1. The Bertz CT molecular complexity index is 269. The molecule has 0 rings (SSSR count). The Balaban J connectivity index is 3.39. The first-order valence-electron chi connectivity index (χ1n) is 5.61. The first-order chi connectivity index (χ1) is 7.88. The molecule has 98 valence electrons. The summed E-state index contributed by atoms with van der Waals surface area (Å²) in [5, 5.41) is 0. The van der Waals surface area contributed by atoms with E-state index in [4.69, 9.17) is 0 Å². The van der Waals surface area contributed by atoms with Gasteiger partial charge in [0.1, 0.15) is 6.29 Å². The second-order valence-corrected chi connectivity index (χ2v) is 3.96. The first-order valence-corrected chi connectivity index (χ1v) is 5.61. The molecule has 0 atom stereocenters. The molecule has 0 amide bonds. The second-order valence-electron chi connectivity index (χ2n) is 3.96. The van der Waals surface area contributed by atoms with Gasteiger partial charge in [0.05, 0.1) is 0 Å². The zero-order chi connectivity index (χ0) is 13.3. The molecule has 0 spiro atoms. The van der Waals surface area contributed by atoms with Crippen molar-refractivity contribution in [2.24, 2.45) is 0 Å². The van der Waals surface area contributed by atoms with E-state index >= 15 is 0 Å². The molecule has 17 heavy (non-hydrogen) atoms. The van der Waals surface area contributed by atoms with Crippen LogP contribution in [0.4, 0.5) is 13.2 Å². The molecule has 0 aromatic carbocycles. The summed E-state index contributed by atoms with van der Waals surface area (Å²) in [6.07, 6.45) is -0.475. The third-order valence-electron chi connectivity index (χ3n) is 2.38. The van der Waals surface area contributed by atoms with E-state index in [-0.39, 0.29) is 6.42 Å². The van der Waals surface area contributed by atoms with Gasteiger partial charge in [-0.1, -0.05) is 25.8 Å². The van der Waals surface area contributed by atoms with Crippen LogP contribution in [-0.4, -0.2) is 18.2 Å². The van der Waals surface area contributed by atoms with Crippen molar-refractivity contribution in [3.05, 3.63) is 12.2 Å². The van der Waals surface area contributed by atoms with Crippen LogP contribution in [0.25, 0.3) is 0 Å². The fraction of sp³-hybridized carbons (Fsp3) is 0.667. The van der Waals surface area contributed by atoms with Crippen LogP contribution in [0.15, 0.2) is 12.2 Å². The second kappa shape index (κ2) is 8.03. The van der Waals surface area contributed by atoms with E-state index in [9.17, 15) is 22.8 Å². The molecule has 0 aromatic heterocycles. The number of ketones is 1. The minimum atomic E-state index is -4.69. The number of halogens is 3. The van der Waals surface area contributed by atoms with Gasteiger partial charge in [-0.15, -0.1) is 0 Å². The van der Waals surface area contributed by atoms with Crippen molar-refractivity contribution in [3.63, 3.8) is 0 Å². The van der Waals surface area contributed by atoms with Crippen LogP contribution in [0, 0.1) is 0 Å². The normalized spacial score (nSPS) is 11.2. The number of carbonyl (C=O) groups is 2. The molecule has 0 heterocycles. The third-order valence-corrected chi connectivity index (χ3v) is 2.38. The number of allylic oxidation sites excluding steroid dienone is 1. The van der Waals surface area contributed by atoms with Crippen LogP contribution in [0.3, 0.4) is 0 Å². The lowest BCUT2D eigenvalue weighted by Crippen LogP contribution is -2.22. The molecule has 0 N–H and O–H groups in total. The van der Waals surface area contributed by atoms with Gasteiger partial charge >= 0.3 is 6.18 Å². The maximum atomic E-state index is 11.8. The smallest absolute Gasteiger partial charge is 0.298 e. The van der Waals surface area contributed by atoms with Crippen LogP contribution in [0.2, 0.25) is 0 Å². The summed E-state index contributed by atoms with van der Waals surface area (Å²) in [5.41, 5.74) is 0.539. The van der Waals surface area contributed by atoms with E-state index in [1.54, 1.807) is 0 Å². The van der Waals surface area contributed by atoms with Gasteiger partial charge in [0, 0.05) is 6.42 Å². The van der Waals surface area contributed by atoms with Gasteiger partial charge in [0.15, 0.2) is 0 Å². The lowest BCUT2D eigenvalue weighted by molar-refractivity contribution is -0.171. The number of rotatable bonds is 9. The average Bonchev–Trinajstić information content (AvgIpc) is 2.25. The highest BCUT2D eigenvalue weighted by Crippen LogP contribution is 2.19. The fourth-order valence-corrected chi connectivity index (χ4v) is 1.37. The van der Waals surface area contributed by atoms with E-state index in [1.807, 2.05) is 0 Å². The summed E-state index contributed by atoms with van der Waals surface area (Å²) < 4.78 is 35.4. The van der Waals surface area contributed by atoms with Crippen molar-refractivity contribution in [2.45, 2.75) is 51.1 Å². The molecule has 0 saturated carbocycles. The highest BCUT2D eigenvalue weighted by atomic mass is 19.4. The van der Waals surface area contributed by atoms with Crippen molar-refractivity contribution < 1.29 is 22.8 Å². The molecule has 5 heteroatoms. The Kier molecular flexibility index (Phi) is 7.50. The SMILES string of the molecule is C=C(C=O)CCCCCCCC(=O)C(F)(F)F. The Morgan fingerprint density at radius 1 is 1.00 bits per heavy atom. The van der Waals surface area contributed by atoms with Crippen molar-refractivity contribution >= 4 is 12.1 Å². The van der Waals surface area contributed by atoms with E-state index in [1.165, 1.54) is 0 Å². The summed E-state index contributed by atoms with van der Waals surface area (Å²) in [7, 11) is 0. The Labute approximate surface area is 98.9 Å². The molecule has 0 radical (unpaired) electrons. The number of carbonyl (C=O) groups excluding carboxylic acids is 2. The Hall–Kier alpha value is -1.13. The highest BCUT2D eigenvalue weighted by molar-refractivity contribution is 5.83. The first kappa shape index (κ1) is 15.9. The van der Waals surface area contributed by atoms with Crippen molar-refractivity contribution in [3.8, 4) is 0 Å².